The zero-order valence-corrected chi connectivity index (χ0v) is 33.6. The van der Waals surface area contributed by atoms with E-state index in [4.69, 9.17) is 28.4 Å². The van der Waals surface area contributed by atoms with Gasteiger partial charge in [-0.15, -0.1) is 0 Å². The van der Waals surface area contributed by atoms with Gasteiger partial charge >= 0.3 is 12.2 Å². The fraction of sp³-hybridized carbons (Fsp3) is 0.304. The minimum absolute atomic E-state index is 0.00698. The second kappa shape index (κ2) is 18.1. The summed E-state index contributed by atoms with van der Waals surface area (Å²) in [5, 5.41) is 0. The maximum atomic E-state index is 14.9. The molecule has 58 heavy (non-hydrogen) atoms. The van der Waals surface area contributed by atoms with Gasteiger partial charge in [0.15, 0.2) is 0 Å². The predicted molar refractivity (Wildman–Crippen MR) is 218 cm³/mol. The molecule has 0 saturated heterocycles. The number of carbonyl (C=O) groups excluding carboxylic acids is 4. The third-order valence-corrected chi connectivity index (χ3v) is 9.39. The van der Waals surface area contributed by atoms with Gasteiger partial charge in [0.25, 0.3) is 11.8 Å². The van der Waals surface area contributed by atoms with Crippen LogP contribution in [0, 0.1) is 0 Å². The molecule has 2 heterocycles. The van der Waals surface area contributed by atoms with Gasteiger partial charge in [-0.1, -0.05) is 109 Å². The van der Waals surface area contributed by atoms with Gasteiger partial charge in [-0.25, -0.2) is 19.4 Å². The summed E-state index contributed by atoms with van der Waals surface area (Å²) < 4.78 is 33.3. The SMILES string of the molecule is COCCOCC(C)(C)OC(=O)N1C(=O)C2=C(c3ccc(-c4ccccc4)cc3)N(C(=O)OC(C)(C)COCCOC)C(=O)C2=C1c1ccc(-c2ccccc2)cc1. The quantitative estimate of drug-likeness (QED) is 0.103. The molecule has 0 radical (unpaired) electrons. The third kappa shape index (κ3) is 9.27. The Morgan fingerprint density at radius 3 is 1.10 bits per heavy atom. The number of methoxy groups -OCH3 is 2. The first-order chi connectivity index (χ1) is 27.9. The fourth-order valence-electron chi connectivity index (χ4n) is 6.64. The van der Waals surface area contributed by atoms with Crippen molar-refractivity contribution >= 4 is 35.4 Å². The summed E-state index contributed by atoms with van der Waals surface area (Å²) in [7, 11) is 3.10. The number of hydrogen-bond donors (Lipinski definition) is 0. The first-order valence-electron chi connectivity index (χ1n) is 18.9. The average molecular weight is 789 g/mol. The molecule has 4 aromatic carbocycles. The molecule has 2 aliphatic heterocycles. The molecule has 0 aliphatic carbocycles. The Kier molecular flexibility index (Phi) is 13.0. The number of fused-ring (bicyclic) bond motifs is 1. The Morgan fingerprint density at radius 2 is 0.776 bits per heavy atom. The largest absolute Gasteiger partial charge is 0.440 e. The Balaban J connectivity index is 1.48. The average Bonchev–Trinajstić information content (AvgIpc) is 3.69. The molecule has 0 fully saturated rings. The van der Waals surface area contributed by atoms with E-state index in [1.54, 1.807) is 66.2 Å². The summed E-state index contributed by atoms with van der Waals surface area (Å²) in [6, 6.07) is 33.6. The van der Waals surface area contributed by atoms with E-state index in [0.29, 0.717) is 24.3 Å². The zero-order valence-electron chi connectivity index (χ0n) is 33.6. The van der Waals surface area contributed by atoms with Gasteiger partial charge in [-0.3, -0.25) is 9.59 Å². The van der Waals surface area contributed by atoms with E-state index in [9.17, 15) is 19.2 Å². The van der Waals surface area contributed by atoms with Crippen LogP contribution >= 0.6 is 0 Å². The second-order valence-corrected chi connectivity index (χ2v) is 15.0. The lowest BCUT2D eigenvalue weighted by Gasteiger charge is -2.30. The van der Waals surface area contributed by atoms with Gasteiger partial charge in [0, 0.05) is 14.2 Å². The summed E-state index contributed by atoms with van der Waals surface area (Å²) in [6.45, 7) is 7.84. The highest BCUT2D eigenvalue weighted by atomic mass is 16.6. The van der Waals surface area contributed by atoms with Gasteiger partial charge in [-0.2, -0.15) is 0 Å². The molecular weight excluding hydrogens is 741 g/mol. The topological polar surface area (TPSA) is 130 Å². The molecule has 0 saturated carbocycles. The van der Waals surface area contributed by atoms with Crippen molar-refractivity contribution in [2.75, 3.05) is 53.9 Å². The van der Waals surface area contributed by atoms with Crippen LogP contribution in [0.5, 0.6) is 0 Å². The van der Waals surface area contributed by atoms with Crippen molar-refractivity contribution in [2.45, 2.75) is 38.9 Å². The van der Waals surface area contributed by atoms with Gasteiger partial charge in [0.2, 0.25) is 0 Å². The van der Waals surface area contributed by atoms with E-state index >= 15 is 0 Å². The van der Waals surface area contributed by atoms with Crippen LogP contribution in [0.25, 0.3) is 33.6 Å². The number of hydrogen-bond acceptors (Lipinski definition) is 10. The molecule has 0 aromatic heterocycles. The smallest absolute Gasteiger partial charge is 0.422 e. The molecule has 0 atom stereocenters. The fourth-order valence-corrected chi connectivity index (χ4v) is 6.64. The third-order valence-electron chi connectivity index (χ3n) is 9.39. The highest BCUT2D eigenvalue weighted by Crippen LogP contribution is 2.48. The number of carbonyl (C=O) groups is 4. The van der Waals surface area contributed by atoms with E-state index in [1.165, 1.54) is 0 Å². The minimum Gasteiger partial charge on any atom is -0.440 e. The van der Waals surface area contributed by atoms with Crippen molar-refractivity contribution in [3.63, 3.8) is 0 Å². The van der Waals surface area contributed by atoms with Gasteiger partial charge < -0.3 is 28.4 Å². The lowest BCUT2D eigenvalue weighted by molar-refractivity contribution is -0.124. The molecule has 0 bridgehead atoms. The molecule has 0 unspecified atom stereocenters. The Labute approximate surface area is 338 Å². The standard InChI is InChI=1S/C46H48N2O10/c1-45(2,29-55-27-25-53-5)57-43(51)47-39(35-21-17-33(18-22-35)31-13-9-7-10-14-31)37-38(41(47)49)40(36-23-19-34(20-24-36)32-15-11-8-12-16-32)48(42(37)50)44(52)58-46(3,4)30-56-28-26-54-6/h7-24H,25-30H2,1-6H3. The maximum Gasteiger partial charge on any atom is 0.422 e. The molecule has 6 rings (SSSR count). The van der Waals surface area contributed by atoms with Crippen LogP contribution in [0.3, 0.4) is 0 Å². The molecule has 0 N–H and O–H groups in total. The summed E-state index contributed by atoms with van der Waals surface area (Å²) >= 11 is 0. The number of imide groups is 2. The predicted octanol–water partition coefficient (Wildman–Crippen LogP) is 7.98. The first-order valence-corrected chi connectivity index (χ1v) is 18.9. The molecular formula is C46H48N2O10. The van der Waals surface area contributed by atoms with Gasteiger partial charge in [0.05, 0.1) is 62.2 Å². The van der Waals surface area contributed by atoms with Crippen LogP contribution in [0.1, 0.15) is 38.8 Å². The van der Waals surface area contributed by atoms with Crippen LogP contribution in [0.2, 0.25) is 0 Å². The molecule has 0 spiro atoms. The van der Waals surface area contributed by atoms with E-state index in [-0.39, 0.29) is 49.0 Å². The van der Waals surface area contributed by atoms with Crippen LogP contribution in [0.4, 0.5) is 9.59 Å². The number of benzene rings is 4. The normalized spacial score (nSPS) is 14.4. The lowest BCUT2D eigenvalue weighted by atomic mass is 9.98. The number of nitrogens with zero attached hydrogens (tertiary/aromatic N) is 2. The van der Waals surface area contributed by atoms with E-state index in [2.05, 4.69) is 0 Å². The van der Waals surface area contributed by atoms with Crippen molar-refractivity contribution < 1.29 is 47.6 Å². The summed E-state index contributed by atoms with van der Waals surface area (Å²) in [5.74, 6) is -1.68. The maximum absolute atomic E-state index is 14.9. The van der Waals surface area contributed by atoms with E-state index in [1.807, 2.05) is 84.9 Å². The van der Waals surface area contributed by atoms with Crippen molar-refractivity contribution in [2.24, 2.45) is 0 Å². The number of ether oxygens (including phenoxy) is 6. The molecule has 302 valence electrons. The number of rotatable bonds is 16. The molecule has 2 aliphatic rings. The number of amides is 4. The van der Waals surface area contributed by atoms with E-state index < -0.39 is 35.2 Å². The molecule has 12 heteroatoms. The minimum atomic E-state index is -1.18. The second-order valence-electron chi connectivity index (χ2n) is 15.0. The first kappa shape index (κ1) is 41.7. The summed E-state index contributed by atoms with van der Waals surface area (Å²) in [6.07, 6.45) is -2.03. The molecule has 12 nitrogen and oxygen atoms in total. The Hall–Kier alpha value is -5.92. The van der Waals surface area contributed by atoms with Crippen LogP contribution in [0.15, 0.2) is 120 Å². The van der Waals surface area contributed by atoms with Crippen molar-refractivity contribution in [1.82, 2.24) is 9.80 Å². The van der Waals surface area contributed by atoms with Gasteiger partial charge in [0.1, 0.15) is 11.2 Å². The molecule has 4 aromatic rings. The van der Waals surface area contributed by atoms with Crippen molar-refractivity contribution in [3.05, 3.63) is 131 Å². The summed E-state index contributed by atoms with van der Waals surface area (Å²) in [4.78, 5) is 60.0. The zero-order chi connectivity index (χ0) is 41.5. The Bertz CT molecular complexity index is 2020. The highest BCUT2D eigenvalue weighted by Gasteiger charge is 2.54. The van der Waals surface area contributed by atoms with Crippen LogP contribution < -0.4 is 0 Å². The lowest BCUT2D eigenvalue weighted by Crippen LogP contribution is -2.43. The van der Waals surface area contributed by atoms with E-state index in [0.717, 1.165) is 32.1 Å². The van der Waals surface area contributed by atoms with Crippen LogP contribution in [-0.4, -0.2) is 98.9 Å². The van der Waals surface area contributed by atoms with Gasteiger partial charge in [-0.05, 0) is 61.1 Å². The highest BCUT2D eigenvalue weighted by molar-refractivity contribution is 6.35. The Morgan fingerprint density at radius 1 is 0.466 bits per heavy atom. The van der Waals surface area contributed by atoms with Crippen molar-refractivity contribution in [3.8, 4) is 22.3 Å². The summed E-state index contributed by atoms with van der Waals surface area (Å²) in [5.41, 5.74) is 1.68. The molecule has 4 amide bonds. The monoisotopic (exact) mass is 788 g/mol. The van der Waals surface area contributed by atoms with Crippen LogP contribution in [-0.2, 0) is 38.0 Å². The van der Waals surface area contributed by atoms with Crippen molar-refractivity contribution in [1.29, 1.82) is 0 Å².